The van der Waals surface area contributed by atoms with Crippen molar-refractivity contribution in [3.63, 3.8) is 0 Å². The van der Waals surface area contributed by atoms with Gasteiger partial charge in [0.2, 0.25) is 0 Å². The summed E-state index contributed by atoms with van der Waals surface area (Å²) in [5, 5.41) is 8.47. The predicted molar refractivity (Wildman–Crippen MR) is 55.1 cm³/mol. The number of hydrogen-bond donors (Lipinski definition) is 1. The Bertz CT molecular complexity index is 451. The van der Waals surface area contributed by atoms with Crippen LogP contribution in [0, 0.1) is 0 Å². The highest BCUT2D eigenvalue weighted by atomic mass is 32.2. The topological polar surface area (TPSA) is 54.4 Å². The molecule has 0 unspecified atom stereocenters. The third-order valence-corrected chi connectivity index (χ3v) is 3.26. The van der Waals surface area contributed by atoms with Crippen molar-refractivity contribution in [2.45, 2.75) is 17.2 Å². The lowest BCUT2D eigenvalue weighted by molar-refractivity contribution is -0.0270. The van der Waals surface area contributed by atoms with Gasteiger partial charge in [0.1, 0.15) is 0 Å². The first-order chi connectivity index (χ1) is 7.27. The lowest BCUT2D eigenvalue weighted by atomic mass is 10.1. The lowest BCUT2D eigenvalue weighted by Crippen LogP contribution is -2.15. The van der Waals surface area contributed by atoms with Gasteiger partial charge >= 0.3 is 0 Å². The molecule has 0 atom stereocenters. The normalized spacial score (nSPS) is 12.8. The van der Waals surface area contributed by atoms with E-state index in [9.17, 15) is 17.2 Å². The van der Waals surface area contributed by atoms with Crippen LogP contribution < -0.4 is 0 Å². The average Bonchev–Trinajstić information content (AvgIpc) is 2.16. The number of aliphatic hydroxyl groups is 1. The van der Waals surface area contributed by atoms with Crippen LogP contribution >= 0.6 is 0 Å². The Morgan fingerprint density at radius 2 is 1.75 bits per heavy atom. The summed E-state index contributed by atoms with van der Waals surface area (Å²) in [7, 11) is -3.37. The first-order valence-electron chi connectivity index (χ1n) is 4.56. The van der Waals surface area contributed by atoms with Gasteiger partial charge in [-0.25, -0.2) is 17.2 Å². The fourth-order valence-electron chi connectivity index (χ4n) is 1.23. The van der Waals surface area contributed by atoms with Gasteiger partial charge in [-0.1, -0.05) is 12.1 Å². The Kier molecular flexibility index (Phi) is 3.64. The van der Waals surface area contributed by atoms with E-state index in [4.69, 9.17) is 5.11 Å². The van der Waals surface area contributed by atoms with Crippen molar-refractivity contribution in [1.29, 1.82) is 0 Å². The molecule has 16 heavy (non-hydrogen) atoms. The Morgan fingerprint density at radius 1 is 1.25 bits per heavy atom. The molecule has 0 saturated heterocycles. The number of rotatable bonds is 4. The van der Waals surface area contributed by atoms with Gasteiger partial charge < -0.3 is 5.11 Å². The summed E-state index contributed by atoms with van der Waals surface area (Å²) in [5.41, 5.74) is -0.297. The summed E-state index contributed by atoms with van der Waals surface area (Å²) < 4.78 is 48.7. The van der Waals surface area contributed by atoms with Crippen molar-refractivity contribution in [3.05, 3.63) is 29.8 Å². The maximum Gasteiger partial charge on any atom is 0.275 e. The van der Waals surface area contributed by atoms with Crippen LogP contribution in [0.4, 0.5) is 8.78 Å². The van der Waals surface area contributed by atoms with Crippen LogP contribution in [-0.4, -0.2) is 26.4 Å². The van der Waals surface area contributed by atoms with Gasteiger partial charge in [0.25, 0.3) is 5.92 Å². The number of halogens is 2. The molecule has 0 aliphatic heterocycles. The van der Waals surface area contributed by atoms with E-state index in [2.05, 4.69) is 0 Å². The summed E-state index contributed by atoms with van der Waals surface area (Å²) in [6, 6.07) is 4.39. The second kappa shape index (κ2) is 4.47. The van der Waals surface area contributed by atoms with Gasteiger partial charge in [-0.2, -0.15) is 0 Å². The van der Waals surface area contributed by atoms with Crippen LogP contribution in [0.25, 0.3) is 0 Å². The quantitative estimate of drug-likeness (QED) is 0.882. The van der Waals surface area contributed by atoms with E-state index in [-0.39, 0.29) is 10.5 Å². The number of aliphatic hydroxyl groups excluding tert-OH is 1. The minimum Gasteiger partial charge on any atom is -0.396 e. The fraction of sp³-hybridized carbons (Fsp3) is 0.400. The standard InChI is InChI=1S/C10H12F2O3S/c1-16(14,15)9-4-2-8(3-5-9)10(11,12)6-7-13/h2-5,13H,6-7H2,1H3. The van der Waals surface area contributed by atoms with Crippen LogP contribution in [0.15, 0.2) is 29.2 Å². The molecule has 6 heteroatoms. The molecular weight excluding hydrogens is 238 g/mol. The van der Waals surface area contributed by atoms with E-state index in [1.165, 1.54) is 0 Å². The van der Waals surface area contributed by atoms with Gasteiger partial charge in [-0.15, -0.1) is 0 Å². The van der Waals surface area contributed by atoms with Crippen molar-refractivity contribution in [1.82, 2.24) is 0 Å². The molecule has 0 fully saturated rings. The number of alkyl halides is 2. The maximum atomic E-state index is 13.3. The Labute approximate surface area is 92.6 Å². The first kappa shape index (κ1) is 13.1. The van der Waals surface area contributed by atoms with E-state index in [0.717, 1.165) is 30.5 Å². The number of hydrogen-bond acceptors (Lipinski definition) is 3. The molecule has 3 nitrogen and oxygen atoms in total. The molecule has 1 rings (SSSR count). The van der Waals surface area contributed by atoms with E-state index >= 15 is 0 Å². The fourth-order valence-corrected chi connectivity index (χ4v) is 1.86. The minimum atomic E-state index is -3.37. The summed E-state index contributed by atoms with van der Waals surface area (Å²) in [5.74, 6) is -3.13. The van der Waals surface area contributed by atoms with Crippen LogP contribution in [-0.2, 0) is 15.8 Å². The molecule has 90 valence electrons. The molecule has 0 bridgehead atoms. The molecule has 0 aliphatic rings. The van der Waals surface area contributed by atoms with Crippen LogP contribution in [0.2, 0.25) is 0 Å². The molecule has 0 heterocycles. The van der Waals surface area contributed by atoms with E-state index < -0.39 is 28.8 Å². The molecule has 0 aromatic heterocycles. The highest BCUT2D eigenvalue weighted by molar-refractivity contribution is 7.90. The predicted octanol–water partition coefficient (Wildman–Crippen LogP) is 1.56. The molecule has 0 radical (unpaired) electrons. The number of benzene rings is 1. The summed E-state index contributed by atoms with van der Waals surface area (Å²) >= 11 is 0. The molecule has 1 N–H and O–H groups in total. The molecule has 1 aromatic carbocycles. The van der Waals surface area contributed by atoms with Crippen LogP contribution in [0.3, 0.4) is 0 Å². The largest absolute Gasteiger partial charge is 0.396 e. The average molecular weight is 250 g/mol. The zero-order valence-corrected chi connectivity index (χ0v) is 9.47. The Balaban J connectivity index is 3.04. The van der Waals surface area contributed by atoms with Crippen LogP contribution in [0.5, 0.6) is 0 Å². The monoisotopic (exact) mass is 250 g/mol. The molecule has 0 spiro atoms. The molecular formula is C10H12F2O3S. The second-order valence-corrected chi connectivity index (χ2v) is 5.49. The second-order valence-electron chi connectivity index (χ2n) is 3.47. The third kappa shape index (κ3) is 2.99. The van der Waals surface area contributed by atoms with Crippen molar-refractivity contribution in [3.8, 4) is 0 Å². The molecule has 0 amide bonds. The van der Waals surface area contributed by atoms with Crippen molar-refractivity contribution < 1.29 is 22.3 Å². The van der Waals surface area contributed by atoms with Crippen LogP contribution in [0.1, 0.15) is 12.0 Å². The molecule has 0 saturated carbocycles. The first-order valence-corrected chi connectivity index (χ1v) is 6.46. The smallest absolute Gasteiger partial charge is 0.275 e. The Morgan fingerprint density at radius 3 is 2.12 bits per heavy atom. The van der Waals surface area contributed by atoms with E-state index in [0.29, 0.717) is 0 Å². The van der Waals surface area contributed by atoms with Crippen molar-refractivity contribution in [2.24, 2.45) is 0 Å². The van der Waals surface area contributed by atoms with Gasteiger partial charge in [-0.05, 0) is 12.1 Å². The van der Waals surface area contributed by atoms with E-state index in [1.54, 1.807) is 0 Å². The zero-order valence-electron chi connectivity index (χ0n) is 8.65. The van der Waals surface area contributed by atoms with Gasteiger partial charge in [-0.3, -0.25) is 0 Å². The Hall–Kier alpha value is -1.01. The summed E-state index contributed by atoms with van der Waals surface area (Å²) in [6.07, 6.45) is 0.332. The zero-order chi connectivity index (χ0) is 12.4. The van der Waals surface area contributed by atoms with Gasteiger partial charge in [0, 0.05) is 24.8 Å². The molecule has 1 aromatic rings. The van der Waals surface area contributed by atoms with E-state index in [1.807, 2.05) is 0 Å². The van der Waals surface area contributed by atoms with Gasteiger partial charge in [0.15, 0.2) is 9.84 Å². The highest BCUT2D eigenvalue weighted by Crippen LogP contribution is 2.31. The summed E-state index contributed by atoms with van der Waals surface area (Å²) in [4.78, 5) is -0.00366. The third-order valence-electron chi connectivity index (χ3n) is 2.13. The maximum absolute atomic E-state index is 13.3. The van der Waals surface area contributed by atoms with Crippen molar-refractivity contribution >= 4 is 9.84 Å². The highest BCUT2D eigenvalue weighted by Gasteiger charge is 2.30. The summed E-state index contributed by atoms with van der Waals surface area (Å²) in [6.45, 7) is -0.624. The SMILES string of the molecule is CS(=O)(=O)c1ccc(C(F)(F)CCO)cc1. The minimum absolute atomic E-state index is 0.00366. The lowest BCUT2D eigenvalue weighted by Gasteiger charge is -2.15. The van der Waals surface area contributed by atoms with Gasteiger partial charge in [0.05, 0.1) is 4.90 Å². The molecule has 0 aliphatic carbocycles. The number of sulfone groups is 1. The van der Waals surface area contributed by atoms with Crippen molar-refractivity contribution in [2.75, 3.05) is 12.9 Å².